The van der Waals surface area contributed by atoms with Gasteiger partial charge < -0.3 is 15.4 Å². The van der Waals surface area contributed by atoms with Gasteiger partial charge in [-0.2, -0.15) is 0 Å². The van der Waals surface area contributed by atoms with Crippen LogP contribution in [0.4, 0.5) is 5.82 Å². The fourth-order valence-electron chi connectivity index (χ4n) is 1.40. The summed E-state index contributed by atoms with van der Waals surface area (Å²) in [4.78, 5) is 13.4. The van der Waals surface area contributed by atoms with E-state index in [9.17, 15) is 4.79 Å². The van der Waals surface area contributed by atoms with E-state index >= 15 is 0 Å². The number of nitrogens with two attached hydrogens (primary N) is 1. The van der Waals surface area contributed by atoms with Crippen LogP contribution in [0.15, 0.2) is 4.63 Å². The van der Waals surface area contributed by atoms with Crippen LogP contribution in [0.5, 0.6) is 0 Å². The lowest BCUT2D eigenvalue weighted by Gasteiger charge is -2.26. The lowest BCUT2D eigenvalue weighted by atomic mass is 10.2. The van der Waals surface area contributed by atoms with Crippen molar-refractivity contribution in [2.24, 2.45) is 0 Å². The third kappa shape index (κ3) is 2.24. The molecule has 0 spiro atoms. The van der Waals surface area contributed by atoms with Gasteiger partial charge in [-0.05, 0) is 5.16 Å². The number of anilines is 1. The fraction of sp³-hybridized carbons (Fsp3) is 0.625. The lowest BCUT2D eigenvalue weighted by Crippen LogP contribution is -2.41. The van der Waals surface area contributed by atoms with Crippen molar-refractivity contribution >= 4 is 11.7 Å². The number of rotatable bonds is 2. The highest BCUT2D eigenvalue weighted by Gasteiger charge is 2.19. The molecule has 0 aliphatic carbocycles. The molecule has 7 nitrogen and oxygen atoms in total. The van der Waals surface area contributed by atoms with Crippen LogP contribution in [0.25, 0.3) is 0 Å². The van der Waals surface area contributed by atoms with E-state index in [1.807, 2.05) is 0 Å². The van der Waals surface area contributed by atoms with Gasteiger partial charge in [-0.3, -0.25) is 4.79 Å². The Bertz CT molecular complexity index is 345. The van der Waals surface area contributed by atoms with E-state index in [1.165, 1.54) is 0 Å². The molecule has 15 heavy (non-hydrogen) atoms. The Kier molecular flexibility index (Phi) is 2.82. The van der Waals surface area contributed by atoms with Crippen LogP contribution in [0, 0.1) is 0 Å². The van der Waals surface area contributed by atoms with Crippen molar-refractivity contribution in [3.8, 4) is 0 Å². The fourth-order valence-corrected chi connectivity index (χ4v) is 1.40. The number of ether oxygens (including phenoxy) is 1. The van der Waals surface area contributed by atoms with E-state index in [0.29, 0.717) is 32.0 Å². The predicted molar refractivity (Wildman–Crippen MR) is 49.8 cm³/mol. The van der Waals surface area contributed by atoms with E-state index in [0.717, 1.165) is 0 Å². The van der Waals surface area contributed by atoms with Gasteiger partial charge in [0.1, 0.15) is 5.69 Å². The first kappa shape index (κ1) is 9.91. The first-order valence-electron chi connectivity index (χ1n) is 4.70. The van der Waals surface area contributed by atoms with Crippen molar-refractivity contribution in [2.45, 2.75) is 6.42 Å². The van der Waals surface area contributed by atoms with Gasteiger partial charge in [0, 0.05) is 13.1 Å². The highest BCUT2D eigenvalue weighted by atomic mass is 16.6. The van der Waals surface area contributed by atoms with Crippen LogP contribution in [-0.2, 0) is 16.0 Å². The average Bonchev–Trinajstić information content (AvgIpc) is 2.66. The number of carbonyl (C=O) groups excluding carboxylic acids is 1. The first-order chi connectivity index (χ1) is 7.27. The molecule has 0 radical (unpaired) electrons. The third-order valence-corrected chi connectivity index (χ3v) is 2.27. The molecule has 0 saturated carbocycles. The summed E-state index contributed by atoms with van der Waals surface area (Å²) in [5.74, 6) is 0.150. The van der Waals surface area contributed by atoms with Crippen LogP contribution in [0.3, 0.4) is 0 Å². The maximum Gasteiger partial charge on any atom is 0.229 e. The van der Waals surface area contributed by atoms with Gasteiger partial charge in [0.15, 0.2) is 5.82 Å². The zero-order chi connectivity index (χ0) is 10.7. The van der Waals surface area contributed by atoms with Gasteiger partial charge in [-0.25, -0.2) is 4.63 Å². The number of aromatic nitrogens is 2. The number of hydrogen-bond donors (Lipinski definition) is 1. The maximum absolute atomic E-state index is 11.7. The second-order valence-corrected chi connectivity index (χ2v) is 3.27. The van der Waals surface area contributed by atoms with Crippen molar-refractivity contribution in [1.82, 2.24) is 15.2 Å². The zero-order valence-corrected chi connectivity index (χ0v) is 8.18. The summed E-state index contributed by atoms with van der Waals surface area (Å²) in [7, 11) is 0. The van der Waals surface area contributed by atoms with E-state index < -0.39 is 0 Å². The average molecular weight is 212 g/mol. The highest BCUT2D eigenvalue weighted by molar-refractivity contribution is 5.79. The van der Waals surface area contributed by atoms with E-state index in [-0.39, 0.29) is 18.1 Å². The van der Waals surface area contributed by atoms with Crippen molar-refractivity contribution in [2.75, 3.05) is 32.0 Å². The van der Waals surface area contributed by atoms with Crippen molar-refractivity contribution in [1.29, 1.82) is 0 Å². The van der Waals surface area contributed by atoms with Gasteiger partial charge in [-0.1, -0.05) is 5.16 Å². The van der Waals surface area contributed by atoms with Crippen molar-refractivity contribution in [3.05, 3.63) is 5.69 Å². The molecule has 1 fully saturated rings. The lowest BCUT2D eigenvalue weighted by molar-refractivity contribution is -0.134. The summed E-state index contributed by atoms with van der Waals surface area (Å²) in [5.41, 5.74) is 5.85. The minimum atomic E-state index is -0.0271. The molecule has 1 aliphatic rings. The zero-order valence-electron chi connectivity index (χ0n) is 8.18. The number of amides is 1. The van der Waals surface area contributed by atoms with Crippen molar-refractivity contribution < 1.29 is 14.2 Å². The van der Waals surface area contributed by atoms with Gasteiger partial charge in [0.25, 0.3) is 0 Å². The molecule has 0 bridgehead atoms. The van der Waals surface area contributed by atoms with Gasteiger partial charge in [0.05, 0.1) is 19.6 Å². The standard InChI is InChI=1S/C8H12N4O3/c9-8-6(10-15-11-8)5-7(13)12-1-3-14-4-2-12/h1-5H2,(H2,9,11). The second-order valence-electron chi connectivity index (χ2n) is 3.27. The third-order valence-electron chi connectivity index (χ3n) is 2.27. The summed E-state index contributed by atoms with van der Waals surface area (Å²) in [6.45, 7) is 2.39. The Morgan fingerprint density at radius 2 is 2.13 bits per heavy atom. The predicted octanol–water partition coefficient (Wildman–Crippen LogP) is -0.947. The highest BCUT2D eigenvalue weighted by Crippen LogP contribution is 2.08. The van der Waals surface area contributed by atoms with Crippen molar-refractivity contribution in [3.63, 3.8) is 0 Å². The molecular weight excluding hydrogens is 200 g/mol. The minimum absolute atomic E-state index is 0.0271. The van der Waals surface area contributed by atoms with Gasteiger partial charge >= 0.3 is 0 Å². The topological polar surface area (TPSA) is 94.5 Å². The number of nitrogens with zero attached hydrogens (tertiary/aromatic N) is 3. The molecule has 7 heteroatoms. The summed E-state index contributed by atoms with van der Waals surface area (Å²) in [6.07, 6.45) is 0.134. The Hall–Kier alpha value is -1.63. The number of hydrogen-bond acceptors (Lipinski definition) is 6. The number of carbonyl (C=O) groups is 1. The molecule has 82 valence electrons. The van der Waals surface area contributed by atoms with Crippen LogP contribution in [-0.4, -0.2) is 47.4 Å². The molecule has 0 aromatic carbocycles. The molecule has 2 N–H and O–H groups in total. The minimum Gasteiger partial charge on any atom is -0.379 e. The second kappa shape index (κ2) is 4.26. The normalized spacial score (nSPS) is 16.7. The molecule has 2 heterocycles. The molecule has 0 unspecified atom stereocenters. The Labute approximate surface area is 86.1 Å². The SMILES string of the molecule is Nc1nonc1CC(=O)N1CCOCC1. The van der Waals surface area contributed by atoms with Crippen LogP contribution in [0.1, 0.15) is 5.69 Å². The first-order valence-corrected chi connectivity index (χ1v) is 4.70. The van der Waals surface area contributed by atoms with E-state index in [1.54, 1.807) is 4.90 Å². The maximum atomic E-state index is 11.7. The molecule has 1 aromatic heterocycles. The van der Waals surface area contributed by atoms with Gasteiger partial charge in [-0.15, -0.1) is 0 Å². The van der Waals surface area contributed by atoms with E-state index in [4.69, 9.17) is 10.5 Å². The number of morpholine rings is 1. The Balaban J connectivity index is 1.94. The Morgan fingerprint density at radius 1 is 1.40 bits per heavy atom. The van der Waals surface area contributed by atoms with Gasteiger partial charge in [0.2, 0.25) is 5.91 Å². The van der Waals surface area contributed by atoms with E-state index in [2.05, 4.69) is 14.9 Å². The monoisotopic (exact) mass is 212 g/mol. The number of nitrogen functional groups attached to an aromatic ring is 1. The molecule has 1 aromatic rings. The molecule has 1 amide bonds. The smallest absolute Gasteiger partial charge is 0.229 e. The summed E-state index contributed by atoms with van der Waals surface area (Å²) < 4.78 is 9.56. The van der Waals surface area contributed by atoms with Crippen LogP contribution >= 0.6 is 0 Å². The molecule has 0 atom stereocenters. The Morgan fingerprint density at radius 3 is 2.73 bits per heavy atom. The largest absolute Gasteiger partial charge is 0.379 e. The van der Waals surface area contributed by atoms with Crippen LogP contribution < -0.4 is 5.73 Å². The summed E-state index contributed by atoms with van der Waals surface area (Å²) >= 11 is 0. The molecule has 1 aliphatic heterocycles. The summed E-state index contributed by atoms with van der Waals surface area (Å²) in [6, 6.07) is 0. The van der Waals surface area contributed by atoms with Crippen LogP contribution in [0.2, 0.25) is 0 Å². The quantitative estimate of drug-likeness (QED) is 0.679. The molecular formula is C8H12N4O3. The summed E-state index contributed by atoms with van der Waals surface area (Å²) in [5, 5.41) is 6.97. The molecule has 1 saturated heterocycles. The molecule has 2 rings (SSSR count).